The second-order valence-electron chi connectivity index (χ2n) is 6.99. The average Bonchev–Trinajstić information content (AvgIpc) is 2.75. The van der Waals surface area contributed by atoms with Gasteiger partial charge in [0, 0.05) is 5.56 Å². The van der Waals surface area contributed by atoms with Crippen molar-refractivity contribution in [2.75, 3.05) is 0 Å². The smallest absolute Gasteiger partial charge is 0.460 e. The zero-order valence-corrected chi connectivity index (χ0v) is 17.2. The van der Waals surface area contributed by atoms with Gasteiger partial charge in [-0.05, 0) is 6.07 Å². The van der Waals surface area contributed by atoms with Crippen molar-refractivity contribution in [1.82, 2.24) is 0 Å². The van der Waals surface area contributed by atoms with E-state index in [4.69, 9.17) is 5.11 Å². The van der Waals surface area contributed by atoms with Gasteiger partial charge in [-0.15, -0.1) is 10.2 Å². The minimum absolute atomic E-state index is 0.474. The highest BCUT2D eigenvalue weighted by atomic mass is 19.4. The van der Waals surface area contributed by atoms with Gasteiger partial charge in [0.2, 0.25) is 0 Å². The second kappa shape index (κ2) is 9.24. The van der Waals surface area contributed by atoms with Gasteiger partial charge in [0.1, 0.15) is 0 Å². The van der Waals surface area contributed by atoms with E-state index in [0.717, 1.165) is 12.1 Å². The maximum Gasteiger partial charge on any atom is 0.460 e. The third-order valence-corrected chi connectivity index (χ3v) is 4.48. The van der Waals surface area contributed by atoms with Gasteiger partial charge in [-0.25, -0.2) is 4.79 Å². The van der Waals surface area contributed by atoms with Crippen LogP contribution in [0.5, 0.6) is 0 Å². The minimum Gasteiger partial charge on any atom is -0.478 e. The molecule has 0 aliphatic rings. The van der Waals surface area contributed by atoms with Crippen molar-refractivity contribution in [2.24, 2.45) is 10.2 Å². The van der Waals surface area contributed by atoms with Gasteiger partial charge in [0.15, 0.2) is 0 Å². The normalized spacial score (nSPS) is 15.2. The summed E-state index contributed by atoms with van der Waals surface area (Å²) in [6.45, 7) is 2.89. The number of carbonyl (C=O) groups is 1. The van der Waals surface area contributed by atoms with Crippen LogP contribution >= 0.6 is 0 Å². The molecule has 0 unspecified atom stereocenters. The van der Waals surface area contributed by atoms with Crippen LogP contribution in [0, 0.1) is 0 Å². The van der Waals surface area contributed by atoms with E-state index in [-0.39, 0.29) is 0 Å². The Hall–Kier alpha value is -3.16. The molecule has 1 rings (SSSR count). The molecule has 1 aromatic rings. The number of carboxylic acid groups (broad SMARTS) is 1. The molecule has 0 atom stereocenters. The summed E-state index contributed by atoms with van der Waals surface area (Å²) in [5.41, 5.74) is -3.08. The fraction of sp³-hybridized carbons (Fsp3) is 0.471. The lowest BCUT2D eigenvalue weighted by molar-refractivity contribution is -0.461. The zero-order chi connectivity index (χ0) is 30.6. The molecule has 0 saturated carbocycles. The number of hydrogen-bond acceptors (Lipinski definition) is 3. The molecule has 0 bridgehead atoms. The molecule has 1 aromatic carbocycles. The quantitative estimate of drug-likeness (QED) is 0.130. The van der Waals surface area contributed by atoms with Crippen molar-refractivity contribution >= 4 is 17.2 Å². The van der Waals surface area contributed by atoms with Crippen LogP contribution in [0.15, 0.2) is 41.1 Å². The molecule has 0 radical (unpaired) electrons. The van der Waals surface area contributed by atoms with E-state index in [1.165, 1.54) is 5.11 Å². The first kappa shape index (κ1) is 32.9. The number of carboxylic acids is 1. The van der Waals surface area contributed by atoms with Crippen molar-refractivity contribution in [3.63, 3.8) is 0 Å². The molecular formula is C17H7F17N2O2. The lowest BCUT2D eigenvalue weighted by Crippen LogP contribution is -2.74. The van der Waals surface area contributed by atoms with Crippen LogP contribution in [0.25, 0.3) is 5.57 Å². The molecule has 0 fully saturated rings. The monoisotopic (exact) mass is 594 g/mol. The van der Waals surface area contributed by atoms with Crippen LogP contribution in [-0.2, 0) is 4.79 Å². The van der Waals surface area contributed by atoms with Crippen LogP contribution in [0.4, 0.5) is 80.3 Å². The highest BCUT2D eigenvalue weighted by Crippen LogP contribution is 2.64. The molecule has 0 heterocycles. The summed E-state index contributed by atoms with van der Waals surface area (Å²) < 4.78 is 225. The summed E-state index contributed by atoms with van der Waals surface area (Å²) >= 11 is 0. The predicted molar refractivity (Wildman–Crippen MR) is 88.3 cm³/mol. The molecule has 38 heavy (non-hydrogen) atoms. The van der Waals surface area contributed by atoms with Gasteiger partial charge in [0.05, 0.1) is 11.3 Å². The van der Waals surface area contributed by atoms with Crippen LogP contribution in [0.3, 0.4) is 0 Å². The molecular weight excluding hydrogens is 587 g/mol. The fourth-order valence-electron chi connectivity index (χ4n) is 2.27. The topological polar surface area (TPSA) is 62.0 Å². The average molecular weight is 594 g/mol. The molecule has 0 aliphatic heterocycles. The standard InChI is InChI=1S/C17H7F17N2O2/c1-6(9(37)38)7-4-2-3-5-8(7)35-36-17(33,34)15(28,29)13(24,25)11(20,21)10(18,19)12(22,23)14(26,27)16(30,31)32/h2-5H,1H2,(H,37,38). The Kier molecular flexibility index (Phi) is 7.99. The maximum atomic E-state index is 13.8. The van der Waals surface area contributed by atoms with E-state index in [0.29, 0.717) is 12.1 Å². The first-order valence-corrected chi connectivity index (χ1v) is 8.72. The highest BCUT2D eigenvalue weighted by molar-refractivity contribution is 6.15. The number of halogens is 17. The van der Waals surface area contributed by atoms with Crippen molar-refractivity contribution in [3.8, 4) is 0 Å². The zero-order valence-electron chi connectivity index (χ0n) is 17.2. The Bertz CT molecular complexity index is 1110. The molecule has 0 spiro atoms. The molecule has 0 amide bonds. The van der Waals surface area contributed by atoms with Crippen molar-refractivity contribution < 1.29 is 84.5 Å². The van der Waals surface area contributed by atoms with Crippen molar-refractivity contribution in [1.29, 1.82) is 0 Å². The van der Waals surface area contributed by atoms with Gasteiger partial charge in [-0.2, -0.15) is 74.6 Å². The van der Waals surface area contributed by atoms with Crippen LogP contribution < -0.4 is 0 Å². The summed E-state index contributed by atoms with van der Waals surface area (Å²) in [6.07, 6.45) is -7.85. The molecule has 21 heteroatoms. The largest absolute Gasteiger partial charge is 0.478 e. The molecule has 0 aromatic heterocycles. The fourth-order valence-corrected chi connectivity index (χ4v) is 2.27. The van der Waals surface area contributed by atoms with Crippen LogP contribution in [0.2, 0.25) is 0 Å². The summed E-state index contributed by atoms with van der Waals surface area (Å²) in [4.78, 5) is 10.9. The van der Waals surface area contributed by atoms with Gasteiger partial charge in [0.25, 0.3) is 0 Å². The first-order valence-electron chi connectivity index (χ1n) is 8.72. The third kappa shape index (κ3) is 4.63. The minimum atomic E-state index is -8.76. The van der Waals surface area contributed by atoms with Gasteiger partial charge < -0.3 is 5.11 Å². The Balaban J connectivity index is 3.66. The lowest BCUT2D eigenvalue weighted by Gasteiger charge is -2.42. The predicted octanol–water partition coefficient (Wildman–Crippen LogP) is 7.84. The summed E-state index contributed by atoms with van der Waals surface area (Å²) in [5, 5.41) is 12.2. The molecule has 4 nitrogen and oxygen atoms in total. The Morgan fingerprint density at radius 1 is 0.632 bits per heavy atom. The SMILES string of the molecule is C=C(C(=O)O)c1ccccc1N=NC(F)(F)C(F)(F)C(F)(F)C(F)(F)C(F)(F)C(F)(F)C(F)(F)C(F)(F)F. The Morgan fingerprint density at radius 2 is 1.00 bits per heavy atom. The Labute approximate surface area is 197 Å². The van der Waals surface area contributed by atoms with E-state index in [9.17, 15) is 79.4 Å². The number of nitrogens with zero attached hydrogens (tertiary/aromatic N) is 2. The summed E-state index contributed by atoms with van der Waals surface area (Å²) in [5.74, 6) is -52.8. The summed E-state index contributed by atoms with van der Waals surface area (Å²) in [7, 11) is 0. The first-order chi connectivity index (χ1) is 16.6. The van der Waals surface area contributed by atoms with E-state index in [2.05, 4.69) is 11.7 Å². The lowest BCUT2D eigenvalue weighted by atomic mass is 9.90. The number of hydrogen-bond donors (Lipinski definition) is 1. The number of azo groups is 1. The Morgan fingerprint density at radius 3 is 1.39 bits per heavy atom. The number of rotatable bonds is 10. The van der Waals surface area contributed by atoms with Gasteiger partial charge >= 0.3 is 53.7 Å². The van der Waals surface area contributed by atoms with Gasteiger partial charge in [-0.1, -0.05) is 24.8 Å². The van der Waals surface area contributed by atoms with Crippen LogP contribution in [0.1, 0.15) is 5.56 Å². The van der Waals surface area contributed by atoms with Gasteiger partial charge in [-0.3, -0.25) is 0 Å². The maximum absolute atomic E-state index is 13.8. The molecule has 216 valence electrons. The van der Waals surface area contributed by atoms with E-state index in [1.807, 2.05) is 0 Å². The van der Waals surface area contributed by atoms with E-state index in [1.54, 1.807) is 0 Å². The molecule has 0 saturated heterocycles. The van der Waals surface area contributed by atoms with Crippen LogP contribution in [-0.4, -0.2) is 58.8 Å². The number of alkyl halides is 17. The van der Waals surface area contributed by atoms with Crippen molar-refractivity contribution in [2.45, 2.75) is 47.8 Å². The molecule has 1 N–H and O–H groups in total. The number of aliphatic carboxylic acids is 1. The third-order valence-electron chi connectivity index (χ3n) is 4.48. The van der Waals surface area contributed by atoms with Crippen molar-refractivity contribution in [3.05, 3.63) is 36.4 Å². The highest BCUT2D eigenvalue weighted by Gasteiger charge is 2.95. The number of benzene rings is 1. The molecule has 0 aliphatic carbocycles. The van der Waals surface area contributed by atoms with E-state index >= 15 is 0 Å². The summed E-state index contributed by atoms with van der Waals surface area (Å²) in [6, 6.07) is -4.19. The van der Waals surface area contributed by atoms with E-state index < -0.39 is 70.6 Å². The second-order valence-corrected chi connectivity index (χ2v) is 6.99.